The summed E-state index contributed by atoms with van der Waals surface area (Å²) in [7, 11) is 0. The summed E-state index contributed by atoms with van der Waals surface area (Å²) in [5.41, 5.74) is 1.30. The molecule has 0 heterocycles. The Bertz CT molecular complexity index is 737. The number of ketones is 1. The number of carboxylic acids is 1. The predicted molar refractivity (Wildman–Crippen MR) is 89.0 cm³/mol. The van der Waals surface area contributed by atoms with E-state index in [2.05, 4.69) is 0 Å². The van der Waals surface area contributed by atoms with Crippen LogP contribution in [0.2, 0.25) is 5.02 Å². The van der Waals surface area contributed by atoms with Gasteiger partial charge in [-0.05, 0) is 35.9 Å². The molecule has 0 aromatic heterocycles. The van der Waals surface area contributed by atoms with Gasteiger partial charge in [-0.15, -0.1) is 0 Å². The molecule has 23 heavy (non-hydrogen) atoms. The fraction of sp³-hybridized carbons (Fsp3) is 0.111. The minimum Gasteiger partial charge on any atom is -0.493 e. The molecule has 0 saturated carbocycles. The van der Waals surface area contributed by atoms with Gasteiger partial charge >= 0.3 is 5.97 Å². The number of halogens is 1. The summed E-state index contributed by atoms with van der Waals surface area (Å²) in [6.45, 7) is 0.101. The van der Waals surface area contributed by atoms with Crippen LogP contribution in [0, 0.1) is 0 Å². The molecule has 2 aromatic carbocycles. The third-order valence-corrected chi connectivity index (χ3v) is 3.21. The smallest absolute Gasteiger partial charge is 0.306 e. The Balaban J connectivity index is 2.02. The first-order valence-corrected chi connectivity index (χ1v) is 7.35. The van der Waals surface area contributed by atoms with Crippen LogP contribution in [0.4, 0.5) is 0 Å². The SMILES string of the molecule is O=C(O)CCOc1cccc(C=CC(=O)c2cccc(Cl)c2)c1. The minimum absolute atomic E-state index is 0.0622. The van der Waals surface area contributed by atoms with E-state index in [0.717, 1.165) is 5.56 Å². The summed E-state index contributed by atoms with van der Waals surface area (Å²) >= 11 is 5.86. The van der Waals surface area contributed by atoms with Crippen molar-refractivity contribution in [1.29, 1.82) is 0 Å². The molecule has 0 fully saturated rings. The van der Waals surface area contributed by atoms with Crippen LogP contribution in [0.5, 0.6) is 5.75 Å². The number of aliphatic carboxylic acids is 1. The van der Waals surface area contributed by atoms with Crippen LogP contribution in [0.3, 0.4) is 0 Å². The van der Waals surface area contributed by atoms with Crippen LogP contribution in [-0.4, -0.2) is 23.5 Å². The molecule has 0 radical (unpaired) electrons. The average molecular weight is 331 g/mol. The van der Waals surface area contributed by atoms with Crippen molar-refractivity contribution in [3.8, 4) is 5.75 Å². The lowest BCUT2D eigenvalue weighted by molar-refractivity contribution is -0.137. The molecule has 0 aliphatic carbocycles. The van der Waals surface area contributed by atoms with Crippen molar-refractivity contribution in [3.05, 3.63) is 70.8 Å². The van der Waals surface area contributed by atoms with E-state index in [-0.39, 0.29) is 18.8 Å². The third-order valence-electron chi connectivity index (χ3n) is 2.98. The predicted octanol–water partition coefficient (Wildman–Crippen LogP) is 4.09. The Morgan fingerprint density at radius 3 is 2.65 bits per heavy atom. The molecule has 5 heteroatoms. The lowest BCUT2D eigenvalue weighted by atomic mass is 10.1. The number of carbonyl (C=O) groups excluding carboxylic acids is 1. The highest BCUT2D eigenvalue weighted by Gasteiger charge is 2.03. The molecule has 2 aromatic rings. The first kappa shape index (κ1) is 16.8. The number of carboxylic acid groups (broad SMARTS) is 1. The second-order valence-corrected chi connectivity index (χ2v) is 5.21. The Labute approximate surface area is 139 Å². The van der Waals surface area contributed by atoms with Gasteiger partial charge in [0.25, 0.3) is 0 Å². The van der Waals surface area contributed by atoms with E-state index in [1.807, 2.05) is 6.07 Å². The number of carbonyl (C=O) groups is 2. The van der Waals surface area contributed by atoms with E-state index in [0.29, 0.717) is 16.3 Å². The van der Waals surface area contributed by atoms with Crippen molar-refractivity contribution in [3.63, 3.8) is 0 Å². The Kier molecular flexibility index (Phi) is 5.94. The van der Waals surface area contributed by atoms with Gasteiger partial charge in [0.1, 0.15) is 5.75 Å². The summed E-state index contributed by atoms with van der Waals surface area (Å²) in [6, 6.07) is 13.8. The normalized spacial score (nSPS) is 10.7. The Morgan fingerprint density at radius 2 is 1.91 bits per heavy atom. The van der Waals surface area contributed by atoms with Gasteiger partial charge in [-0.25, -0.2) is 0 Å². The summed E-state index contributed by atoms with van der Waals surface area (Å²) < 4.78 is 5.35. The average Bonchev–Trinajstić information content (AvgIpc) is 2.52. The summed E-state index contributed by atoms with van der Waals surface area (Å²) in [4.78, 5) is 22.5. The summed E-state index contributed by atoms with van der Waals surface area (Å²) in [5.74, 6) is -0.499. The summed E-state index contributed by atoms with van der Waals surface area (Å²) in [6.07, 6.45) is 3.07. The van der Waals surface area contributed by atoms with Gasteiger partial charge in [0.2, 0.25) is 0 Å². The molecular formula is C18H15ClO4. The second kappa shape index (κ2) is 8.15. The number of hydrogen-bond acceptors (Lipinski definition) is 3. The number of benzene rings is 2. The van der Waals surface area contributed by atoms with Crippen molar-refractivity contribution in [2.24, 2.45) is 0 Å². The molecule has 1 N–H and O–H groups in total. The van der Waals surface area contributed by atoms with E-state index < -0.39 is 5.97 Å². The highest BCUT2D eigenvalue weighted by Crippen LogP contribution is 2.16. The zero-order valence-electron chi connectivity index (χ0n) is 12.2. The highest BCUT2D eigenvalue weighted by atomic mass is 35.5. The Morgan fingerprint density at radius 1 is 1.13 bits per heavy atom. The number of ether oxygens (including phenoxy) is 1. The first-order chi connectivity index (χ1) is 11.0. The van der Waals surface area contributed by atoms with Crippen LogP contribution < -0.4 is 4.74 Å². The van der Waals surface area contributed by atoms with Crippen LogP contribution in [0.25, 0.3) is 6.08 Å². The quantitative estimate of drug-likeness (QED) is 0.613. The number of rotatable bonds is 7. The highest BCUT2D eigenvalue weighted by molar-refractivity contribution is 6.31. The number of hydrogen-bond donors (Lipinski definition) is 1. The fourth-order valence-electron chi connectivity index (χ4n) is 1.87. The molecule has 0 unspecified atom stereocenters. The second-order valence-electron chi connectivity index (χ2n) is 4.77. The molecule has 0 atom stereocenters. The van der Waals surface area contributed by atoms with Crippen molar-refractivity contribution in [2.45, 2.75) is 6.42 Å². The first-order valence-electron chi connectivity index (χ1n) is 6.97. The third kappa shape index (κ3) is 5.60. The largest absolute Gasteiger partial charge is 0.493 e. The van der Waals surface area contributed by atoms with Gasteiger partial charge < -0.3 is 9.84 Å². The standard InChI is InChI=1S/C18H15ClO4/c19-15-5-2-4-14(12-15)17(20)8-7-13-3-1-6-16(11-13)23-10-9-18(21)22/h1-8,11-12H,9-10H2,(H,21,22). The number of allylic oxidation sites excluding steroid dienone is 1. The molecule has 0 saturated heterocycles. The maximum Gasteiger partial charge on any atom is 0.306 e. The maximum absolute atomic E-state index is 12.1. The molecule has 2 rings (SSSR count). The maximum atomic E-state index is 12.1. The van der Waals surface area contributed by atoms with Gasteiger partial charge in [0.05, 0.1) is 13.0 Å². The van der Waals surface area contributed by atoms with Gasteiger partial charge in [-0.1, -0.05) is 41.9 Å². The Hall–Kier alpha value is -2.59. The zero-order chi connectivity index (χ0) is 16.7. The molecule has 118 valence electrons. The van der Waals surface area contributed by atoms with Crippen LogP contribution >= 0.6 is 11.6 Å². The lowest BCUT2D eigenvalue weighted by Crippen LogP contribution is -2.04. The van der Waals surface area contributed by atoms with Crippen molar-refractivity contribution < 1.29 is 19.4 Å². The zero-order valence-corrected chi connectivity index (χ0v) is 13.0. The monoisotopic (exact) mass is 330 g/mol. The van der Waals surface area contributed by atoms with E-state index in [1.54, 1.807) is 48.5 Å². The minimum atomic E-state index is -0.909. The molecule has 0 aliphatic heterocycles. The van der Waals surface area contributed by atoms with Crippen molar-refractivity contribution in [2.75, 3.05) is 6.61 Å². The van der Waals surface area contributed by atoms with Crippen molar-refractivity contribution >= 4 is 29.4 Å². The van der Waals surface area contributed by atoms with Gasteiger partial charge in [0, 0.05) is 10.6 Å². The molecule has 0 spiro atoms. The van der Waals surface area contributed by atoms with E-state index in [4.69, 9.17) is 21.4 Å². The van der Waals surface area contributed by atoms with Crippen LogP contribution in [0.15, 0.2) is 54.6 Å². The topological polar surface area (TPSA) is 63.6 Å². The molecule has 0 aliphatic rings. The van der Waals surface area contributed by atoms with Gasteiger partial charge in [-0.3, -0.25) is 9.59 Å². The van der Waals surface area contributed by atoms with Crippen LogP contribution in [-0.2, 0) is 4.79 Å². The van der Waals surface area contributed by atoms with E-state index in [1.165, 1.54) is 6.08 Å². The molecular weight excluding hydrogens is 316 g/mol. The molecule has 0 amide bonds. The molecule has 4 nitrogen and oxygen atoms in total. The van der Waals surface area contributed by atoms with E-state index >= 15 is 0 Å². The van der Waals surface area contributed by atoms with Crippen molar-refractivity contribution in [1.82, 2.24) is 0 Å². The van der Waals surface area contributed by atoms with Gasteiger partial charge in [-0.2, -0.15) is 0 Å². The van der Waals surface area contributed by atoms with Gasteiger partial charge in [0.15, 0.2) is 5.78 Å². The molecule has 0 bridgehead atoms. The summed E-state index contributed by atoms with van der Waals surface area (Å²) in [5, 5.41) is 9.09. The van der Waals surface area contributed by atoms with E-state index in [9.17, 15) is 9.59 Å². The van der Waals surface area contributed by atoms with Crippen LogP contribution in [0.1, 0.15) is 22.3 Å². The fourth-order valence-corrected chi connectivity index (χ4v) is 2.06. The lowest BCUT2D eigenvalue weighted by Gasteiger charge is -2.05.